The summed E-state index contributed by atoms with van der Waals surface area (Å²) in [5.74, 6) is -0.164. The Morgan fingerprint density at radius 3 is 2.18 bits per heavy atom. The molecule has 0 aliphatic heterocycles. The molecule has 0 aliphatic carbocycles. The molecule has 174 valence electrons. The van der Waals surface area contributed by atoms with Gasteiger partial charge in [-0.25, -0.2) is 19.6 Å². The highest BCUT2D eigenvalue weighted by Gasteiger charge is 2.14. The second-order valence-corrected chi connectivity index (χ2v) is 7.96. The van der Waals surface area contributed by atoms with Crippen LogP contribution in [0, 0.1) is 0 Å². The van der Waals surface area contributed by atoms with Crippen LogP contribution in [0.25, 0.3) is 22.4 Å². The van der Waals surface area contributed by atoms with Crippen molar-refractivity contribution < 1.29 is 9.59 Å². The van der Waals surface area contributed by atoms with Crippen molar-refractivity contribution >= 4 is 34.5 Å². The lowest BCUT2D eigenvalue weighted by molar-refractivity contribution is 0.0943. The second kappa shape index (κ2) is 9.57. The minimum Gasteiger partial charge on any atom is -0.350 e. The molecule has 3 amide bonds. The number of amides is 3. The van der Waals surface area contributed by atoms with E-state index in [1.54, 1.807) is 41.0 Å². The van der Waals surface area contributed by atoms with Crippen LogP contribution in [0.2, 0.25) is 0 Å². The molecule has 0 saturated heterocycles. The summed E-state index contributed by atoms with van der Waals surface area (Å²) >= 11 is 0. The lowest BCUT2D eigenvalue weighted by Crippen LogP contribution is -2.30. The van der Waals surface area contributed by atoms with E-state index in [-0.39, 0.29) is 17.6 Å². The summed E-state index contributed by atoms with van der Waals surface area (Å²) in [6.45, 7) is 6.15. The van der Waals surface area contributed by atoms with Crippen LogP contribution in [-0.2, 0) is 6.54 Å². The van der Waals surface area contributed by atoms with Crippen molar-refractivity contribution in [2.75, 3.05) is 10.6 Å². The number of carbonyl (C=O) groups excluding carboxylic acids is 2. The number of carbonyl (C=O) groups is 2. The summed E-state index contributed by atoms with van der Waals surface area (Å²) in [5, 5.41) is 8.33. The predicted molar refractivity (Wildman–Crippen MR) is 131 cm³/mol. The minimum atomic E-state index is -0.415. The van der Waals surface area contributed by atoms with Crippen LogP contribution in [0.15, 0.2) is 59.7 Å². The fourth-order valence-electron chi connectivity index (χ4n) is 3.56. The molecule has 0 unspecified atom stereocenters. The molecule has 2 heterocycles. The molecule has 0 aliphatic rings. The van der Waals surface area contributed by atoms with Crippen LogP contribution in [-0.4, -0.2) is 37.5 Å². The van der Waals surface area contributed by atoms with Crippen LogP contribution in [0.4, 0.5) is 16.2 Å². The Kier molecular flexibility index (Phi) is 6.39. The third-order valence-electron chi connectivity index (χ3n) is 5.12. The summed E-state index contributed by atoms with van der Waals surface area (Å²) in [6.07, 6.45) is 1.41. The standard InChI is InChI=1S/C24H25N7O3/c1-4-31-20-19(25-13-26-21(20)30-24(31)34)15-5-9-17(10-6-15)28-23(33)29-18-11-7-16(8-12-18)22(32)27-14(2)3/h5-14H,4H2,1-3H3,(H,27,32)(H2,28,29,33)(H,25,26,30,34). The predicted octanol–water partition coefficient (Wildman–Crippen LogP) is 3.59. The van der Waals surface area contributed by atoms with E-state index in [1.165, 1.54) is 6.33 Å². The highest BCUT2D eigenvalue weighted by Crippen LogP contribution is 2.25. The summed E-state index contributed by atoms with van der Waals surface area (Å²) in [4.78, 5) is 47.8. The summed E-state index contributed by atoms with van der Waals surface area (Å²) < 4.78 is 1.59. The number of nitrogens with zero attached hydrogens (tertiary/aromatic N) is 3. The van der Waals surface area contributed by atoms with Crippen molar-refractivity contribution in [1.29, 1.82) is 0 Å². The first-order valence-electron chi connectivity index (χ1n) is 10.9. The second-order valence-electron chi connectivity index (χ2n) is 7.96. The molecule has 2 aromatic heterocycles. The van der Waals surface area contributed by atoms with Crippen LogP contribution in [0.5, 0.6) is 0 Å². The number of anilines is 2. The van der Waals surface area contributed by atoms with Crippen LogP contribution in [0.1, 0.15) is 31.1 Å². The van der Waals surface area contributed by atoms with Gasteiger partial charge in [-0.15, -0.1) is 0 Å². The number of urea groups is 1. The number of nitrogens with one attached hydrogen (secondary N) is 4. The Bertz CT molecular complexity index is 1390. The Morgan fingerprint density at radius 2 is 1.59 bits per heavy atom. The van der Waals surface area contributed by atoms with Gasteiger partial charge in [-0.3, -0.25) is 14.3 Å². The van der Waals surface area contributed by atoms with E-state index in [0.29, 0.717) is 40.3 Å². The Balaban J connectivity index is 1.44. The van der Waals surface area contributed by atoms with Gasteiger partial charge in [-0.1, -0.05) is 12.1 Å². The first-order chi connectivity index (χ1) is 16.4. The maximum absolute atomic E-state index is 12.4. The monoisotopic (exact) mass is 459 g/mol. The number of aromatic amines is 1. The fourth-order valence-corrected chi connectivity index (χ4v) is 3.56. The zero-order valence-corrected chi connectivity index (χ0v) is 19.0. The van der Waals surface area contributed by atoms with Gasteiger partial charge in [0.1, 0.15) is 11.8 Å². The molecule has 0 bridgehead atoms. The van der Waals surface area contributed by atoms with E-state index in [2.05, 4.69) is 30.9 Å². The van der Waals surface area contributed by atoms with Crippen molar-refractivity contribution in [3.63, 3.8) is 0 Å². The lowest BCUT2D eigenvalue weighted by atomic mass is 10.1. The molecule has 0 fully saturated rings. The SMILES string of the molecule is CCn1c(=O)[nH]c2ncnc(-c3ccc(NC(=O)Nc4ccc(C(=O)NC(C)C)cc4)cc3)c21. The quantitative estimate of drug-likeness (QED) is 0.350. The highest BCUT2D eigenvalue weighted by atomic mass is 16.2. The summed E-state index contributed by atoms with van der Waals surface area (Å²) in [7, 11) is 0. The fraction of sp³-hybridized carbons (Fsp3) is 0.208. The lowest BCUT2D eigenvalue weighted by Gasteiger charge is -2.11. The van der Waals surface area contributed by atoms with E-state index in [0.717, 1.165) is 5.56 Å². The number of rotatable bonds is 6. The number of aromatic nitrogens is 4. The van der Waals surface area contributed by atoms with Crippen LogP contribution in [0.3, 0.4) is 0 Å². The van der Waals surface area contributed by atoms with Crippen molar-refractivity contribution in [2.45, 2.75) is 33.4 Å². The van der Waals surface area contributed by atoms with Crippen LogP contribution < -0.4 is 21.6 Å². The summed E-state index contributed by atoms with van der Waals surface area (Å²) in [6, 6.07) is 13.4. The van der Waals surface area contributed by atoms with Crippen molar-refractivity contribution in [3.05, 3.63) is 70.9 Å². The van der Waals surface area contributed by atoms with Gasteiger partial charge < -0.3 is 16.0 Å². The van der Waals surface area contributed by atoms with E-state index < -0.39 is 6.03 Å². The Hall–Kier alpha value is -4.47. The molecule has 10 heteroatoms. The number of benzene rings is 2. The van der Waals surface area contributed by atoms with Crippen LogP contribution >= 0.6 is 0 Å². The molecule has 2 aromatic carbocycles. The first-order valence-corrected chi connectivity index (χ1v) is 10.9. The van der Waals surface area contributed by atoms with E-state index in [4.69, 9.17) is 0 Å². The molecule has 34 heavy (non-hydrogen) atoms. The molecule has 0 radical (unpaired) electrons. The number of H-pyrrole nitrogens is 1. The van der Waals surface area contributed by atoms with Gasteiger partial charge in [-0.2, -0.15) is 0 Å². The van der Waals surface area contributed by atoms with Gasteiger partial charge in [0.2, 0.25) is 0 Å². The molecule has 4 aromatic rings. The Labute approximate surface area is 195 Å². The molecule has 0 saturated carbocycles. The van der Waals surface area contributed by atoms with Gasteiger partial charge in [0, 0.05) is 35.1 Å². The molecule has 0 spiro atoms. The van der Waals surface area contributed by atoms with E-state index >= 15 is 0 Å². The molecule has 4 rings (SSSR count). The smallest absolute Gasteiger partial charge is 0.327 e. The molecular weight excluding hydrogens is 434 g/mol. The molecule has 10 nitrogen and oxygen atoms in total. The molecule has 0 atom stereocenters. The highest BCUT2D eigenvalue weighted by molar-refractivity contribution is 6.00. The van der Waals surface area contributed by atoms with Gasteiger partial charge in [-0.05, 0) is 57.2 Å². The third-order valence-corrected chi connectivity index (χ3v) is 5.12. The van der Waals surface area contributed by atoms with Crippen molar-refractivity contribution in [3.8, 4) is 11.3 Å². The molecular formula is C24H25N7O3. The minimum absolute atomic E-state index is 0.0439. The largest absolute Gasteiger partial charge is 0.350 e. The third kappa shape index (κ3) is 4.80. The topological polar surface area (TPSA) is 134 Å². The maximum Gasteiger partial charge on any atom is 0.327 e. The molecule has 4 N–H and O–H groups in total. The number of fused-ring (bicyclic) bond motifs is 1. The maximum atomic E-state index is 12.4. The number of imidazole rings is 1. The van der Waals surface area contributed by atoms with Gasteiger partial charge in [0.05, 0.1) is 5.69 Å². The normalized spacial score (nSPS) is 10.9. The summed E-state index contributed by atoms with van der Waals surface area (Å²) in [5.41, 5.74) is 3.96. The van der Waals surface area contributed by atoms with Gasteiger partial charge >= 0.3 is 11.7 Å². The Morgan fingerprint density at radius 1 is 0.971 bits per heavy atom. The number of aryl methyl sites for hydroxylation is 1. The number of hydrogen-bond donors (Lipinski definition) is 4. The average molecular weight is 460 g/mol. The van der Waals surface area contributed by atoms with Gasteiger partial charge in [0.25, 0.3) is 5.91 Å². The zero-order chi connectivity index (χ0) is 24.2. The zero-order valence-electron chi connectivity index (χ0n) is 19.0. The first kappa shape index (κ1) is 22.7. The van der Waals surface area contributed by atoms with E-state index in [9.17, 15) is 14.4 Å². The van der Waals surface area contributed by atoms with E-state index in [1.807, 2.05) is 32.9 Å². The van der Waals surface area contributed by atoms with Crippen molar-refractivity contribution in [2.24, 2.45) is 0 Å². The average Bonchev–Trinajstić information content (AvgIpc) is 3.14. The van der Waals surface area contributed by atoms with Crippen molar-refractivity contribution in [1.82, 2.24) is 24.8 Å². The number of hydrogen-bond acceptors (Lipinski definition) is 5. The van der Waals surface area contributed by atoms with Gasteiger partial charge in [0.15, 0.2) is 5.65 Å².